The maximum Gasteiger partial charge on any atom is 0.150 e. The van der Waals surface area contributed by atoms with Gasteiger partial charge in [0.25, 0.3) is 0 Å². The zero-order valence-corrected chi connectivity index (χ0v) is 7.75. The van der Waals surface area contributed by atoms with E-state index in [2.05, 4.69) is 5.32 Å². The molecule has 0 bridgehead atoms. The summed E-state index contributed by atoms with van der Waals surface area (Å²) >= 11 is 0. The molecule has 0 heterocycles. The molecule has 0 aliphatic carbocycles. The second-order valence-electron chi connectivity index (χ2n) is 2.75. The smallest absolute Gasteiger partial charge is 0.150 e. The summed E-state index contributed by atoms with van der Waals surface area (Å²) in [6.07, 6.45) is 1.76. The number of rotatable bonds is 3. The van der Waals surface area contributed by atoms with Gasteiger partial charge in [-0.05, 0) is 0 Å². The van der Waals surface area contributed by atoms with Gasteiger partial charge < -0.3 is 5.32 Å². The summed E-state index contributed by atoms with van der Waals surface area (Å²) in [5.74, 6) is -0.491. The van der Waals surface area contributed by atoms with E-state index in [0.29, 0.717) is 11.7 Å². The van der Waals surface area contributed by atoms with Crippen molar-refractivity contribution in [1.82, 2.24) is 5.32 Å². The molecule has 0 spiro atoms. The molecule has 0 unspecified atom stereocenters. The molecule has 1 aromatic carbocycles. The fourth-order valence-corrected chi connectivity index (χ4v) is 1.10. The highest BCUT2D eigenvalue weighted by molar-refractivity contribution is 6.32. The predicted molar refractivity (Wildman–Crippen MR) is 55.4 cm³/mol. The Kier molecular flexibility index (Phi) is 3.45. The standard InChI is InChI=1S/C10H9BFNO/c1-13-5-10(12)9-3-2-8(11)4-7(9)6-14/h2-6,13H,1H3/b10-5+. The summed E-state index contributed by atoms with van der Waals surface area (Å²) in [4.78, 5) is 10.6. The fraction of sp³-hybridized carbons (Fsp3) is 0.100. The second-order valence-corrected chi connectivity index (χ2v) is 2.75. The average molecular weight is 189 g/mol. The zero-order valence-electron chi connectivity index (χ0n) is 7.75. The predicted octanol–water partition coefficient (Wildman–Crippen LogP) is 0.780. The summed E-state index contributed by atoms with van der Waals surface area (Å²) in [6.45, 7) is 0. The van der Waals surface area contributed by atoms with Crippen molar-refractivity contribution in [3.63, 3.8) is 0 Å². The molecule has 0 aliphatic rings. The molecule has 0 amide bonds. The van der Waals surface area contributed by atoms with E-state index in [4.69, 9.17) is 7.85 Å². The van der Waals surface area contributed by atoms with Crippen molar-refractivity contribution in [3.05, 3.63) is 35.5 Å². The summed E-state index contributed by atoms with van der Waals surface area (Å²) in [5.41, 5.74) is 0.922. The molecule has 1 aromatic rings. The Morgan fingerprint density at radius 2 is 2.29 bits per heavy atom. The van der Waals surface area contributed by atoms with Gasteiger partial charge in [-0.2, -0.15) is 0 Å². The van der Waals surface area contributed by atoms with Gasteiger partial charge in [-0.25, -0.2) is 4.39 Å². The van der Waals surface area contributed by atoms with Gasteiger partial charge in [0.2, 0.25) is 0 Å². The lowest BCUT2D eigenvalue weighted by Gasteiger charge is -2.03. The molecule has 1 N–H and O–H groups in total. The summed E-state index contributed by atoms with van der Waals surface area (Å²) < 4.78 is 13.3. The van der Waals surface area contributed by atoms with Gasteiger partial charge in [0.15, 0.2) is 6.29 Å². The van der Waals surface area contributed by atoms with Gasteiger partial charge in [-0.15, -0.1) is 0 Å². The minimum absolute atomic E-state index is 0.239. The maximum absolute atomic E-state index is 13.3. The molecule has 0 aromatic heterocycles. The number of hydrogen-bond donors (Lipinski definition) is 1. The van der Waals surface area contributed by atoms with E-state index < -0.39 is 5.83 Å². The first kappa shape index (κ1) is 10.5. The molecule has 0 saturated carbocycles. The van der Waals surface area contributed by atoms with Crippen LogP contribution in [0.25, 0.3) is 5.83 Å². The number of carbonyl (C=O) groups is 1. The molecule has 2 nitrogen and oxygen atoms in total. The van der Waals surface area contributed by atoms with Gasteiger partial charge in [0.1, 0.15) is 13.7 Å². The lowest BCUT2D eigenvalue weighted by Crippen LogP contribution is -2.05. The topological polar surface area (TPSA) is 29.1 Å². The van der Waals surface area contributed by atoms with Crippen LogP contribution >= 0.6 is 0 Å². The van der Waals surface area contributed by atoms with Crippen LogP contribution in [-0.2, 0) is 0 Å². The van der Waals surface area contributed by atoms with Crippen LogP contribution < -0.4 is 10.8 Å². The van der Waals surface area contributed by atoms with Gasteiger partial charge in [-0.3, -0.25) is 4.79 Å². The van der Waals surface area contributed by atoms with Crippen LogP contribution in [-0.4, -0.2) is 21.2 Å². The maximum atomic E-state index is 13.3. The summed E-state index contributed by atoms with van der Waals surface area (Å²) in [7, 11) is 7.04. The first-order valence-electron chi connectivity index (χ1n) is 4.07. The van der Waals surface area contributed by atoms with Crippen LogP contribution in [0.1, 0.15) is 15.9 Å². The molecule has 0 fully saturated rings. The fourth-order valence-electron chi connectivity index (χ4n) is 1.10. The van der Waals surface area contributed by atoms with E-state index in [1.807, 2.05) is 0 Å². The molecule has 0 saturated heterocycles. The van der Waals surface area contributed by atoms with E-state index >= 15 is 0 Å². The molecule has 1 rings (SSSR count). The van der Waals surface area contributed by atoms with Crippen molar-refractivity contribution < 1.29 is 9.18 Å². The van der Waals surface area contributed by atoms with Crippen molar-refractivity contribution in [2.45, 2.75) is 0 Å². The molecule has 0 aliphatic heterocycles. The van der Waals surface area contributed by atoms with Gasteiger partial charge in [-0.1, -0.05) is 23.7 Å². The number of carbonyl (C=O) groups excluding carboxylic acids is 1. The monoisotopic (exact) mass is 189 g/mol. The SMILES string of the molecule is [B]c1ccc(/C(F)=C\NC)c(C=O)c1. The van der Waals surface area contributed by atoms with Crippen LogP contribution in [0.3, 0.4) is 0 Å². The van der Waals surface area contributed by atoms with Crippen LogP contribution in [0.2, 0.25) is 0 Å². The van der Waals surface area contributed by atoms with Crippen molar-refractivity contribution in [2.75, 3.05) is 7.05 Å². The van der Waals surface area contributed by atoms with E-state index in [-0.39, 0.29) is 11.1 Å². The van der Waals surface area contributed by atoms with Gasteiger partial charge in [0.05, 0.1) is 0 Å². The minimum atomic E-state index is -0.491. The number of aldehydes is 1. The first-order chi connectivity index (χ1) is 6.69. The normalized spacial score (nSPS) is 11.1. The summed E-state index contributed by atoms with van der Waals surface area (Å²) in [5, 5.41) is 2.55. The van der Waals surface area contributed by atoms with Crippen molar-refractivity contribution >= 4 is 25.4 Å². The third kappa shape index (κ3) is 2.22. The zero-order chi connectivity index (χ0) is 10.6. The van der Waals surface area contributed by atoms with Gasteiger partial charge >= 0.3 is 0 Å². The third-order valence-corrected chi connectivity index (χ3v) is 1.73. The second kappa shape index (κ2) is 4.60. The Labute approximate surface area is 83.2 Å². The Balaban J connectivity index is 3.20. The van der Waals surface area contributed by atoms with Crippen LogP contribution in [0.5, 0.6) is 0 Å². The van der Waals surface area contributed by atoms with Crippen molar-refractivity contribution in [2.24, 2.45) is 0 Å². The Bertz CT molecular complexity index is 376. The van der Waals surface area contributed by atoms with E-state index in [1.165, 1.54) is 18.3 Å². The molecule has 4 heteroatoms. The number of halogens is 1. The number of hydrogen-bond acceptors (Lipinski definition) is 2. The van der Waals surface area contributed by atoms with Crippen molar-refractivity contribution in [1.29, 1.82) is 0 Å². The quantitative estimate of drug-likeness (QED) is 0.562. The molecular formula is C10H9BFNO. The van der Waals surface area contributed by atoms with Crippen LogP contribution in [0.4, 0.5) is 4.39 Å². The Morgan fingerprint density at radius 1 is 1.57 bits per heavy atom. The van der Waals surface area contributed by atoms with Crippen LogP contribution in [0, 0.1) is 0 Å². The largest absolute Gasteiger partial charge is 0.392 e. The average Bonchev–Trinajstić information content (AvgIpc) is 2.17. The summed E-state index contributed by atoms with van der Waals surface area (Å²) in [6, 6.07) is 4.46. The van der Waals surface area contributed by atoms with E-state index in [0.717, 1.165) is 0 Å². The van der Waals surface area contributed by atoms with E-state index in [9.17, 15) is 9.18 Å². The molecule has 0 atom stereocenters. The number of nitrogens with one attached hydrogen (secondary N) is 1. The minimum Gasteiger partial charge on any atom is -0.392 e. The highest BCUT2D eigenvalue weighted by Gasteiger charge is 2.06. The van der Waals surface area contributed by atoms with Crippen molar-refractivity contribution in [3.8, 4) is 0 Å². The lowest BCUT2D eigenvalue weighted by molar-refractivity contribution is 0.112. The first-order valence-corrected chi connectivity index (χ1v) is 4.07. The Morgan fingerprint density at radius 3 is 2.86 bits per heavy atom. The van der Waals surface area contributed by atoms with Crippen LogP contribution in [0.15, 0.2) is 24.4 Å². The highest BCUT2D eigenvalue weighted by atomic mass is 19.1. The van der Waals surface area contributed by atoms with Gasteiger partial charge in [0, 0.05) is 24.4 Å². The molecule has 2 radical (unpaired) electrons. The Hall–Kier alpha value is -1.58. The highest BCUT2D eigenvalue weighted by Crippen LogP contribution is 2.17. The lowest BCUT2D eigenvalue weighted by atomic mass is 9.92. The molecule has 14 heavy (non-hydrogen) atoms. The van der Waals surface area contributed by atoms with E-state index in [1.54, 1.807) is 13.1 Å². The molecule has 70 valence electrons. The molecular weight excluding hydrogens is 180 g/mol. The number of benzene rings is 1. The third-order valence-electron chi connectivity index (χ3n) is 1.73.